The summed E-state index contributed by atoms with van der Waals surface area (Å²) < 4.78 is 23.6. The van der Waals surface area contributed by atoms with Crippen LogP contribution in [0.1, 0.15) is 26.3 Å². The first-order valence-corrected chi connectivity index (χ1v) is 10.8. The molecule has 1 aliphatic heterocycles. The zero-order chi connectivity index (χ0) is 18.7. The van der Waals surface area contributed by atoms with Crippen molar-refractivity contribution in [3.05, 3.63) is 33.8 Å². The molecule has 1 N–H and O–H groups in total. The van der Waals surface area contributed by atoms with Crippen molar-refractivity contribution in [2.45, 2.75) is 31.9 Å². The molecule has 1 fully saturated rings. The summed E-state index contributed by atoms with van der Waals surface area (Å²) in [6, 6.07) is 5.47. The van der Waals surface area contributed by atoms with Crippen LogP contribution in [0.15, 0.2) is 23.2 Å². The van der Waals surface area contributed by atoms with Crippen LogP contribution in [0.4, 0.5) is 0 Å². The average Bonchev–Trinajstić information content (AvgIpc) is 2.48. The highest BCUT2D eigenvalue weighted by Gasteiger charge is 2.40. The van der Waals surface area contributed by atoms with Crippen LogP contribution >= 0.6 is 23.2 Å². The molecule has 1 aliphatic rings. The van der Waals surface area contributed by atoms with Gasteiger partial charge in [-0.05, 0) is 51.0 Å². The Morgan fingerprint density at radius 2 is 1.92 bits per heavy atom. The van der Waals surface area contributed by atoms with Crippen LogP contribution in [-0.2, 0) is 16.3 Å². The van der Waals surface area contributed by atoms with Crippen molar-refractivity contribution >= 4 is 39.0 Å². The maximum atomic E-state index is 12.2. The van der Waals surface area contributed by atoms with Gasteiger partial charge in [-0.2, -0.15) is 0 Å². The van der Waals surface area contributed by atoms with Crippen LogP contribution in [0, 0.1) is 0 Å². The molecule has 0 atom stereocenters. The van der Waals surface area contributed by atoms with E-state index in [1.54, 1.807) is 19.9 Å². The maximum Gasteiger partial charge on any atom is 0.194 e. The Labute approximate surface area is 160 Å². The fourth-order valence-corrected chi connectivity index (χ4v) is 4.73. The van der Waals surface area contributed by atoms with E-state index in [-0.39, 0.29) is 5.75 Å². The molecule has 140 valence electrons. The van der Waals surface area contributed by atoms with E-state index in [2.05, 4.69) is 10.3 Å². The normalized spacial score (nSPS) is 19.7. The zero-order valence-electron chi connectivity index (χ0n) is 14.8. The highest BCUT2D eigenvalue weighted by molar-refractivity contribution is 7.92. The lowest BCUT2D eigenvalue weighted by atomic mass is 10.1. The lowest BCUT2D eigenvalue weighted by Gasteiger charge is -2.39. The van der Waals surface area contributed by atoms with Crippen LogP contribution in [0.5, 0.6) is 0 Å². The third kappa shape index (κ3) is 5.25. The van der Waals surface area contributed by atoms with Crippen molar-refractivity contribution in [2.24, 2.45) is 4.99 Å². The third-order valence-electron chi connectivity index (χ3n) is 4.26. The van der Waals surface area contributed by atoms with Gasteiger partial charge in [-0.1, -0.05) is 23.2 Å². The van der Waals surface area contributed by atoms with Gasteiger partial charge in [-0.25, -0.2) is 8.42 Å². The molecule has 1 heterocycles. The lowest BCUT2D eigenvalue weighted by molar-refractivity contribution is 0.353. The fraction of sp³-hybridized carbons (Fsp3) is 0.588. The topological polar surface area (TPSA) is 61.8 Å². The third-order valence-corrected chi connectivity index (χ3v) is 7.23. The van der Waals surface area contributed by atoms with Gasteiger partial charge in [-0.15, -0.1) is 0 Å². The number of hydrogen-bond donors (Lipinski definition) is 1. The Kier molecular flexibility index (Phi) is 6.62. The van der Waals surface area contributed by atoms with Gasteiger partial charge in [-0.3, -0.25) is 4.99 Å². The minimum absolute atomic E-state index is 0.147. The van der Waals surface area contributed by atoms with Crippen molar-refractivity contribution in [2.75, 3.05) is 31.9 Å². The molecule has 1 aromatic rings. The summed E-state index contributed by atoms with van der Waals surface area (Å²) in [7, 11) is -3.07. The van der Waals surface area contributed by atoms with Crippen molar-refractivity contribution in [3.63, 3.8) is 0 Å². The first-order valence-electron chi connectivity index (χ1n) is 8.35. The van der Waals surface area contributed by atoms with Gasteiger partial charge in [0.25, 0.3) is 0 Å². The second-order valence-corrected chi connectivity index (χ2v) is 10.4. The molecule has 1 saturated heterocycles. The van der Waals surface area contributed by atoms with Gasteiger partial charge in [0.2, 0.25) is 0 Å². The van der Waals surface area contributed by atoms with E-state index in [0.717, 1.165) is 18.1 Å². The standard InChI is InChI=1S/C17H25Cl2N3O2S/c1-4-20-16(22-7-8-25(23,24)17(2,3)12-22)21-6-5-13-9-14(18)11-15(19)10-13/h9-11H,4-8,12H2,1-3H3,(H,20,21). The quantitative estimate of drug-likeness (QED) is 0.617. The maximum absolute atomic E-state index is 12.2. The minimum atomic E-state index is -3.07. The van der Waals surface area contributed by atoms with E-state index in [1.807, 2.05) is 24.0 Å². The van der Waals surface area contributed by atoms with Gasteiger partial charge in [0.05, 0.1) is 10.5 Å². The Bertz CT molecular complexity index is 728. The molecule has 5 nitrogen and oxygen atoms in total. The van der Waals surface area contributed by atoms with Crippen LogP contribution in [-0.4, -0.2) is 56.0 Å². The Morgan fingerprint density at radius 1 is 1.28 bits per heavy atom. The summed E-state index contributed by atoms with van der Waals surface area (Å²) >= 11 is 12.0. The Balaban J connectivity index is 2.08. The molecular weight excluding hydrogens is 381 g/mol. The monoisotopic (exact) mass is 405 g/mol. The molecular formula is C17H25Cl2N3O2S. The molecule has 0 aliphatic carbocycles. The number of nitrogens with one attached hydrogen (secondary N) is 1. The van der Waals surface area contributed by atoms with E-state index in [0.29, 0.717) is 36.1 Å². The number of nitrogens with zero attached hydrogens (tertiary/aromatic N) is 2. The number of rotatable bonds is 4. The van der Waals surface area contributed by atoms with Crippen molar-refractivity contribution < 1.29 is 8.42 Å². The fourth-order valence-electron chi connectivity index (χ4n) is 2.80. The highest BCUT2D eigenvalue weighted by atomic mass is 35.5. The smallest absolute Gasteiger partial charge is 0.194 e. The SMILES string of the molecule is CCNC(=NCCc1cc(Cl)cc(Cl)c1)N1CCS(=O)(=O)C(C)(C)C1. The molecule has 0 saturated carbocycles. The molecule has 25 heavy (non-hydrogen) atoms. The molecule has 0 bridgehead atoms. The number of benzene rings is 1. The van der Waals surface area contributed by atoms with Crippen molar-refractivity contribution in [3.8, 4) is 0 Å². The van der Waals surface area contributed by atoms with Crippen molar-refractivity contribution in [1.82, 2.24) is 10.2 Å². The van der Waals surface area contributed by atoms with Gasteiger partial charge >= 0.3 is 0 Å². The molecule has 2 rings (SSSR count). The van der Waals surface area contributed by atoms with E-state index >= 15 is 0 Å². The van der Waals surface area contributed by atoms with Gasteiger partial charge in [0, 0.05) is 36.2 Å². The number of guanidine groups is 1. The average molecular weight is 406 g/mol. The summed E-state index contributed by atoms with van der Waals surface area (Å²) in [5.74, 6) is 0.896. The largest absolute Gasteiger partial charge is 0.357 e. The lowest BCUT2D eigenvalue weighted by Crippen LogP contribution is -2.57. The summed E-state index contributed by atoms with van der Waals surface area (Å²) in [4.78, 5) is 6.68. The van der Waals surface area contributed by atoms with Crippen LogP contribution < -0.4 is 5.32 Å². The second kappa shape index (κ2) is 8.14. The Morgan fingerprint density at radius 3 is 2.48 bits per heavy atom. The predicted octanol–water partition coefficient (Wildman–Crippen LogP) is 3.01. The molecule has 8 heteroatoms. The van der Waals surface area contributed by atoms with Crippen molar-refractivity contribution in [1.29, 1.82) is 0 Å². The first kappa shape index (κ1) is 20.3. The molecule has 0 unspecified atom stereocenters. The molecule has 0 radical (unpaired) electrons. The summed E-state index contributed by atoms with van der Waals surface area (Å²) in [6.07, 6.45) is 0.713. The predicted molar refractivity (Wildman–Crippen MR) is 106 cm³/mol. The summed E-state index contributed by atoms with van der Waals surface area (Å²) in [5.41, 5.74) is 1.03. The van der Waals surface area contributed by atoms with E-state index in [4.69, 9.17) is 23.2 Å². The van der Waals surface area contributed by atoms with E-state index in [1.165, 1.54) is 0 Å². The molecule has 1 aromatic carbocycles. The first-order chi connectivity index (χ1) is 11.6. The molecule has 0 aromatic heterocycles. The number of sulfone groups is 1. The minimum Gasteiger partial charge on any atom is -0.357 e. The van der Waals surface area contributed by atoms with Gasteiger partial charge in [0.1, 0.15) is 0 Å². The number of aliphatic imine (C=N–C) groups is 1. The van der Waals surface area contributed by atoms with E-state index < -0.39 is 14.6 Å². The summed E-state index contributed by atoms with van der Waals surface area (Å²) in [6.45, 7) is 7.73. The van der Waals surface area contributed by atoms with Gasteiger partial charge < -0.3 is 10.2 Å². The zero-order valence-corrected chi connectivity index (χ0v) is 17.2. The molecule has 0 amide bonds. The summed E-state index contributed by atoms with van der Waals surface area (Å²) in [5, 5.41) is 4.48. The van der Waals surface area contributed by atoms with E-state index in [9.17, 15) is 8.42 Å². The van der Waals surface area contributed by atoms with Gasteiger partial charge in [0.15, 0.2) is 15.8 Å². The second-order valence-electron chi connectivity index (χ2n) is 6.76. The number of halogens is 2. The van der Waals surface area contributed by atoms with Crippen LogP contribution in [0.3, 0.4) is 0 Å². The Hall–Kier alpha value is -0.980. The van der Waals surface area contributed by atoms with Crippen LogP contribution in [0.2, 0.25) is 10.0 Å². The van der Waals surface area contributed by atoms with Crippen LogP contribution in [0.25, 0.3) is 0 Å². The highest BCUT2D eigenvalue weighted by Crippen LogP contribution is 2.24. The molecule has 0 spiro atoms. The number of hydrogen-bond acceptors (Lipinski definition) is 3.